The summed E-state index contributed by atoms with van der Waals surface area (Å²) in [6.07, 6.45) is -3.87. The minimum Gasteiger partial charge on any atom is -0.356 e. The Hall–Kier alpha value is -0.990. The van der Waals surface area contributed by atoms with E-state index in [-0.39, 0.29) is 30.5 Å². The first-order valence-electron chi connectivity index (χ1n) is 7.58. The van der Waals surface area contributed by atoms with Gasteiger partial charge in [-0.1, -0.05) is 24.3 Å². The fourth-order valence-corrected chi connectivity index (χ4v) is 3.52. The number of hydrogen-bond donors (Lipinski definition) is 2. The lowest BCUT2D eigenvalue weighted by Gasteiger charge is -2.14. The SMILES string of the molecule is CN=C(NCCC(F)(F)F)NCC1C2Cc3ccccc3C12.I. The van der Waals surface area contributed by atoms with Crippen LogP contribution in [0.25, 0.3) is 0 Å². The summed E-state index contributed by atoms with van der Waals surface area (Å²) in [6, 6.07) is 8.52. The van der Waals surface area contributed by atoms with E-state index in [0.29, 0.717) is 23.7 Å². The fraction of sp³-hybridized carbons (Fsp3) is 0.562. The summed E-state index contributed by atoms with van der Waals surface area (Å²) in [5.74, 6) is 2.30. The Morgan fingerprint density at radius 2 is 2.00 bits per heavy atom. The lowest BCUT2D eigenvalue weighted by Crippen LogP contribution is -2.40. The quantitative estimate of drug-likeness (QED) is 0.429. The fourth-order valence-electron chi connectivity index (χ4n) is 3.52. The first kappa shape index (κ1) is 18.4. The highest BCUT2D eigenvalue weighted by molar-refractivity contribution is 14.0. The van der Waals surface area contributed by atoms with Crippen LogP contribution in [0.1, 0.15) is 23.5 Å². The monoisotopic (exact) mass is 439 g/mol. The van der Waals surface area contributed by atoms with E-state index in [0.717, 1.165) is 13.0 Å². The van der Waals surface area contributed by atoms with Crippen LogP contribution in [0.5, 0.6) is 0 Å². The number of guanidine groups is 1. The molecule has 0 heterocycles. The molecule has 0 amide bonds. The van der Waals surface area contributed by atoms with Crippen LogP contribution >= 0.6 is 24.0 Å². The molecule has 0 aromatic heterocycles. The first-order chi connectivity index (χ1) is 10.5. The number of halogens is 4. The number of benzene rings is 1. The molecular weight excluding hydrogens is 418 g/mol. The van der Waals surface area contributed by atoms with Gasteiger partial charge in [-0.25, -0.2) is 0 Å². The molecule has 3 atom stereocenters. The number of nitrogens with zero attached hydrogens (tertiary/aromatic N) is 1. The van der Waals surface area contributed by atoms with Gasteiger partial charge in [0.2, 0.25) is 0 Å². The van der Waals surface area contributed by atoms with Crippen LogP contribution < -0.4 is 10.6 Å². The maximum Gasteiger partial charge on any atom is 0.390 e. The predicted octanol–water partition coefficient (Wildman–Crippen LogP) is 3.31. The van der Waals surface area contributed by atoms with Crippen molar-refractivity contribution in [2.75, 3.05) is 20.1 Å². The molecule has 2 N–H and O–H groups in total. The molecule has 0 bridgehead atoms. The Balaban J connectivity index is 0.00000192. The Kier molecular flexibility index (Phi) is 5.80. The van der Waals surface area contributed by atoms with Crippen molar-refractivity contribution in [3.05, 3.63) is 35.4 Å². The maximum atomic E-state index is 12.1. The van der Waals surface area contributed by atoms with Gasteiger partial charge >= 0.3 is 6.18 Å². The molecular formula is C16H21F3IN3. The molecule has 3 nitrogen and oxygen atoms in total. The topological polar surface area (TPSA) is 36.4 Å². The highest BCUT2D eigenvalue weighted by Crippen LogP contribution is 2.60. The lowest BCUT2D eigenvalue weighted by molar-refractivity contribution is -0.132. The molecule has 1 saturated carbocycles. The lowest BCUT2D eigenvalue weighted by atomic mass is 10.0. The van der Waals surface area contributed by atoms with Crippen molar-refractivity contribution in [1.82, 2.24) is 10.6 Å². The largest absolute Gasteiger partial charge is 0.390 e. The average molecular weight is 439 g/mol. The van der Waals surface area contributed by atoms with Crippen LogP contribution in [0.3, 0.4) is 0 Å². The van der Waals surface area contributed by atoms with Gasteiger partial charge in [0.15, 0.2) is 5.96 Å². The van der Waals surface area contributed by atoms with Gasteiger partial charge in [-0.2, -0.15) is 13.2 Å². The van der Waals surface area contributed by atoms with Crippen molar-refractivity contribution in [1.29, 1.82) is 0 Å². The molecule has 1 aromatic carbocycles. The van der Waals surface area contributed by atoms with Crippen LogP contribution in [0.4, 0.5) is 13.2 Å². The van der Waals surface area contributed by atoms with E-state index in [4.69, 9.17) is 0 Å². The summed E-state index contributed by atoms with van der Waals surface area (Å²) >= 11 is 0. The molecule has 0 aliphatic heterocycles. The van der Waals surface area contributed by atoms with E-state index in [1.54, 1.807) is 7.05 Å². The second-order valence-corrected chi connectivity index (χ2v) is 6.00. The molecule has 0 radical (unpaired) electrons. The normalized spacial score (nSPS) is 25.2. The van der Waals surface area contributed by atoms with Crippen molar-refractivity contribution in [3.63, 3.8) is 0 Å². The van der Waals surface area contributed by atoms with E-state index in [2.05, 4.69) is 39.9 Å². The van der Waals surface area contributed by atoms with Crippen LogP contribution in [-0.2, 0) is 6.42 Å². The van der Waals surface area contributed by atoms with E-state index in [9.17, 15) is 13.2 Å². The van der Waals surface area contributed by atoms with Gasteiger partial charge in [-0.3, -0.25) is 4.99 Å². The summed E-state index contributed by atoms with van der Waals surface area (Å²) in [7, 11) is 1.58. The standard InChI is InChI=1S/C16H20F3N3.HI/c1-20-15(21-7-6-16(17,18)19)22-9-13-12-8-10-4-2-3-5-11(10)14(12)13;/h2-5,12-14H,6-9H2,1H3,(H2,20,21,22);1H. The molecule has 2 aliphatic rings. The van der Waals surface area contributed by atoms with Gasteiger partial charge < -0.3 is 10.6 Å². The van der Waals surface area contributed by atoms with Crippen LogP contribution in [0, 0.1) is 11.8 Å². The van der Waals surface area contributed by atoms with Crippen LogP contribution in [0.2, 0.25) is 0 Å². The summed E-state index contributed by atoms with van der Waals surface area (Å²) in [5, 5.41) is 5.86. The third kappa shape index (κ3) is 4.30. The number of hydrogen-bond acceptors (Lipinski definition) is 1. The van der Waals surface area contributed by atoms with Crippen molar-refractivity contribution in [2.24, 2.45) is 16.8 Å². The molecule has 0 saturated heterocycles. The third-order valence-corrected chi connectivity index (χ3v) is 4.63. The third-order valence-electron chi connectivity index (χ3n) is 4.63. The number of fused-ring (bicyclic) bond motifs is 3. The molecule has 7 heteroatoms. The van der Waals surface area contributed by atoms with Crippen molar-refractivity contribution in [3.8, 4) is 0 Å². The summed E-state index contributed by atoms with van der Waals surface area (Å²) in [5.41, 5.74) is 2.89. The van der Waals surface area contributed by atoms with Crippen LogP contribution in [0.15, 0.2) is 29.3 Å². The number of aliphatic imine (C=N–C) groups is 1. The maximum absolute atomic E-state index is 12.1. The Labute approximate surface area is 151 Å². The van der Waals surface area contributed by atoms with E-state index < -0.39 is 12.6 Å². The number of rotatable bonds is 4. The molecule has 23 heavy (non-hydrogen) atoms. The molecule has 128 valence electrons. The van der Waals surface area contributed by atoms with Gasteiger partial charge in [0.25, 0.3) is 0 Å². The Morgan fingerprint density at radius 1 is 1.26 bits per heavy atom. The highest BCUT2D eigenvalue weighted by Gasteiger charge is 2.54. The van der Waals surface area contributed by atoms with Gasteiger partial charge in [-0.15, -0.1) is 24.0 Å². The highest BCUT2D eigenvalue weighted by atomic mass is 127. The number of nitrogens with one attached hydrogen (secondary N) is 2. The Morgan fingerprint density at radius 3 is 2.70 bits per heavy atom. The van der Waals surface area contributed by atoms with Gasteiger partial charge in [-0.05, 0) is 35.3 Å². The summed E-state index contributed by atoms with van der Waals surface area (Å²) < 4.78 is 36.4. The smallest absolute Gasteiger partial charge is 0.356 e. The second-order valence-electron chi connectivity index (χ2n) is 6.00. The van der Waals surface area contributed by atoms with E-state index in [1.807, 2.05) is 0 Å². The van der Waals surface area contributed by atoms with Gasteiger partial charge in [0.05, 0.1) is 6.42 Å². The predicted molar refractivity (Wildman–Crippen MR) is 95.3 cm³/mol. The zero-order valence-corrected chi connectivity index (χ0v) is 15.2. The van der Waals surface area contributed by atoms with Gasteiger partial charge in [0, 0.05) is 20.1 Å². The minimum absolute atomic E-state index is 0. The molecule has 2 aliphatic carbocycles. The molecule has 3 rings (SSSR count). The zero-order chi connectivity index (χ0) is 15.7. The van der Waals surface area contributed by atoms with Crippen molar-refractivity contribution < 1.29 is 13.2 Å². The average Bonchev–Trinajstić information content (AvgIpc) is 3.00. The van der Waals surface area contributed by atoms with Crippen molar-refractivity contribution >= 4 is 29.9 Å². The first-order valence-corrected chi connectivity index (χ1v) is 7.58. The molecule has 3 unspecified atom stereocenters. The number of alkyl halides is 3. The Bertz CT molecular complexity index is 574. The summed E-state index contributed by atoms with van der Waals surface area (Å²) in [4.78, 5) is 3.97. The van der Waals surface area contributed by atoms with E-state index in [1.165, 1.54) is 11.1 Å². The minimum atomic E-state index is -4.14. The summed E-state index contributed by atoms with van der Waals surface area (Å²) in [6.45, 7) is 0.610. The van der Waals surface area contributed by atoms with Crippen LogP contribution in [-0.4, -0.2) is 32.3 Å². The molecule has 1 aromatic rings. The van der Waals surface area contributed by atoms with Gasteiger partial charge in [0.1, 0.15) is 0 Å². The molecule has 0 spiro atoms. The molecule has 1 fully saturated rings. The zero-order valence-electron chi connectivity index (χ0n) is 12.9. The second kappa shape index (κ2) is 7.27. The van der Waals surface area contributed by atoms with Crippen molar-refractivity contribution in [2.45, 2.75) is 24.9 Å². The van der Waals surface area contributed by atoms with E-state index >= 15 is 0 Å².